The fourth-order valence-corrected chi connectivity index (χ4v) is 3.50. The number of rotatable bonds is 6. The van der Waals surface area contributed by atoms with Crippen molar-refractivity contribution in [2.75, 3.05) is 19.7 Å². The lowest BCUT2D eigenvalue weighted by molar-refractivity contribution is 0.0550. The van der Waals surface area contributed by atoms with Gasteiger partial charge in [0.25, 0.3) is 5.91 Å². The summed E-state index contributed by atoms with van der Waals surface area (Å²) in [5, 5.41) is 0. The third kappa shape index (κ3) is 4.31. The zero-order valence-electron chi connectivity index (χ0n) is 16.1. The summed E-state index contributed by atoms with van der Waals surface area (Å²) >= 11 is 0. The second kappa shape index (κ2) is 8.40. The van der Waals surface area contributed by atoms with Crippen molar-refractivity contribution >= 4 is 17.6 Å². The molecule has 2 aromatic heterocycles. The Hall–Kier alpha value is -2.92. The van der Waals surface area contributed by atoms with E-state index in [-0.39, 0.29) is 12.0 Å². The van der Waals surface area contributed by atoms with Gasteiger partial charge >= 0.3 is 0 Å². The third-order valence-electron chi connectivity index (χ3n) is 5.01. The Balaban J connectivity index is 1.53. The van der Waals surface area contributed by atoms with E-state index in [2.05, 4.69) is 4.98 Å². The van der Waals surface area contributed by atoms with Crippen LogP contribution in [0.1, 0.15) is 34.5 Å². The van der Waals surface area contributed by atoms with Gasteiger partial charge in [0.05, 0.1) is 6.10 Å². The average molecular weight is 375 g/mol. The molecule has 144 valence electrons. The molecule has 1 amide bonds. The number of amides is 1. The number of fused-ring (bicyclic) bond motifs is 1. The summed E-state index contributed by atoms with van der Waals surface area (Å²) in [5.74, 6) is -0.0606. The molecule has 1 unspecified atom stereocenters. The monoisotopic (exact) mass is 375 g/mol. The number of hydrogen-bond acceptors (Lipinski definition) is 3. The number of ether oxygens (including phenoxy) is 1. The third-order valence-corrected chi connectivity index (χ3v) is 5.01. The first-order chi connectivity index (χ1) is 13.7. The topological polar surface area (TPSA) is 46.8 Å². The molecule has 4 rings (SSSR count). The van der Waals surface area contributed by atoms with E-state index in [1.165, 1.54) is 0 Å². The molecule has 1 aliphatic rings. The molecule has 5 heteroatoms. The van der Waals surface area contributed by atoms with Gasteiger partial charge in [0.2, 0.25) is 0 Å². The van der Waals surface area contributed by atoms with Gasteiger partial charge in [-0.2, -0.15) is 0 Å². The van der Waals surface area contributed by atoms with Crippen molar-refractivity contribution in [3.63, 3.8) is 0 Å². The van der Waals surface area contributed by atoms with E-state index in [4.69, 9.17) is 4.74 Å². The minimum absolute atomic E-state index is 0.0606. The number of nitrogens with zero attached hydrogens (tertiary/aromatic N) is 3. The van der Waals surface area contributed by atoms with Crippen LogP contribution in [0.4, 0.5) is 0 Å². The van der Waals surface area contributed by atoms with Crippen LogP contribution in [-0.2, 0) is 4.74 Å². The van der Waals surface area contributed by atoms with Crippen molar-refractivity contribution < 1.29 is 9.53 Å². The van der Waals surface area contributed by atoms with Crippen molar-refractivity contribution in [1.82, 2.24) is 14.3 Å². The Morgan fingerprint density at radius 2 is 2.18 bits per heavy atom. The van der Waals surface area contributed by atoms with Gasteiger partial charge in [0.1, 0.15) is 11.3 Å². The quantitative estimate of drug-likeness (QED) is 0.655. The average Bonchev–Trinajstić information content (AvgIpc) is 3.36. The Morgan fingerprint density at radius 1 is 1.32 bits per heavy atom. The van der Waals surface area contributed by atoms with Gasteiger partial charge in [0, 0.05) is 32.1 Å². The molecular formula is C23H25N3O2. The van der Waals surface area contributed by atoms with Crippen LogP contribution < -0.4 is 0 Å². The maximum absolute atomic E-state index is 13.2. The van der Waals surface area contributed by atoms with Crippen LogP contribution >= 0.6 is 0 Å². The van der Waals surface area contributed by atoms with E-state index >= 15 is 0 Å². The lowest BCUT2D eigenvalue weighted by Crippen LogP contribution is -2.37. The first kappa shape index (κ1) is 18.4. The molecule has 0 radical (unpaired) electrons. The first-order valence-electron chi connectivity index (χ1n) is 9.77. The van der Waals surface area contributed by atoms with E-state index in [1.54, 1.807) is 6.20 Å². The van der Waals surface area contributed by atoms with E-state index < -0.39 is 0 Å². The van der Waals surface area contributed by atoms with Crippen molar-refractivity contribution in [2.45, 2.75) is 25.9 Å². The highest BCUT2D eigenvalue weighted by molar-refractivity contribution is 5.93. The molecular weight excluding hydrogens is 350 g/mol. The van der Waals surface area contributed by atoms with Gasteiger partial charge in [-0.15, -0.1) is 0 Å². The summed E-state index contributed by atoms with van der Waals surface area (Å²) in [4.78, 5) is 19.6. The molecule has 1 atom stereocenters. The number of carbonyl (C=O) groups is 1. The van der Waals surface area contributed by atoms with Gasteiger partial charge in [-0.3, -0.25) is 4.79 Å². The number of imidazole rings is 1. The Labute approximate surface area is 165 Å². The van der Waals surface area contributed by atoms with Crippen molar-refractivity contribution in [1.29, 1.82) is 0 Å². The van der Waals surface area contributed by atoms with Crippen molar-refractivity contribution in [2.24, 2.45) is 0 Å². The lowest BCUT2D eigenvalue weighted by atomic mass is 10.2. The van der Waals surface area contributed by atoms with Crippen LogP contribution in [0, 0.1) is 6.92 Å². The predicted molar refractivity (Wildman–Crippen MR) is 110 cm³/mol. The molecule has 1 fully saturated rings. The molecule has 1 saturated heterocycles. The summed E-state index contributed by atoms with van der Waals surface area (Å²) < 4.78 is 7.66. The highest BCUT2D eigenvalue weighted by Gasteiger charge is 2.24. The van der Waals surface area contributed by atoms with Gasteiger partial charge in [-0.05, 0) is 43.0 Å². The summed E-state index contributed by atoms with van der Waals surface area (Å²) in [6.45, 7) is 3.92. The molecule has 28 heavy (non-hydrogen) atoms. The molecule has 0 saturated carbocycles. The summed E-state index contributed by atoms with van der Waals surface area (Å²) in [6, 6.07) is 14.1. The van der Waals surface area contributed by atoms with Gasteiger partial charge < -0.3 is 14.0 Å². The zero-order valence-corrected chi connectivity index (χ0v) is 16.1. The maximum atomic E-state index is 13.2. The van der Waals surface area contributed by atoms with E-state index in [9.17, 15) is 4.79 Å². The van der Waals surface area contributed by atoms with Crippen LogP contribution in [0.25, 0.3) is 11.7 Å². The SMILES string of the molecule is Cc1ccn2cc(C(=O)N(C/C=C/c3ccccc3)CC3CCCO3)nc2c1. The number of benzene rings is 1. The van der Waals surface area contributed by atoms with Crippen molar-refractivity contribution in [3.8, 4) is 0 Å². The molecule has 0 bridgehead atoms. The number of aromatic nitrogens is 2. The molecule has 0 N–H and O–H groups in total. The van der Waals surface area contributed by atoms with E-state index in [1.807, 2.05) is 77.0 Å². The Morgan fingerprint density at radius 3 is 2.96 bits per heavy atom. The standard InChI is InChI=1S/C23H25N3O2/c1-18-11-13-25-17-21(24-22(25)15-18)23(27)26(16-20-10-6-14-28-20)12-5-9-19-7-3-2-4-8-19/h2-5,7-9,11,13,15,17,20H,6,10,12,14,16H2,1H3/b9-5+. The molecule has 1 aliphatic heterocycles. The molecule has 1 aromatic carbocycles. The minimum atomic E-state index is -0.0606. The fraction of sp³-hybridized carbons (Fsp3) is 0.304. The van der Waals surface area contributed by atoms with Gasteiger partial charge in [-0.1, -0.05) is 42.5 Å². The molecule has 5 nitrogen and oxygen atoms in total. The highest BCUT2D eigenvalue weighted by Crippen LogP contribution is 2.16. The smallest absolute Gasteiger partial charge is 0.274 e. The summed E-state index contributed by atoms with van der Waals surface area (Å²) in [7, 11) is 0. The van der Waals surface area contributed by atoms with Crippen LogP contribution in [0.3, 0.4) is 0 Å². The van der Waals surface area contributed by atoms with E-state index in [0.717, 1.165) is 36.2 Å². The Bertz CT molecular complexity index is 972. The van der Waals surface area contributed by atoms with Crippen LogP contribution in [-0.4, -0.2) is 46.0 Å². The number of aryl methyl sites for hydroxylation is 1. The Kier molecular flexibility index (Phi) is 5.53. The largest absolute Gasteiger partial charge is 0.376 e. The van der Waals surface area contributed by atoms with Gasteiger partial charge in [-0.25, -0.2) is 4.98 Å². The highest BCUT2D eigenvalue weighted by atomic mass is 16.5. The van der Waals surface area contributed by atoms with E-state index in [0.29, 0.717) is 18.8 Å². The zero-order chi connectivity index (χ0) is 19.3. The molecule has 0 aliphatic carbocycles. The number of hydrogen-bond donors (Lipinski definition) is 0. The maximum Gasteiger partial charge on any atom is 0.274 e. The van der Waals surface area contributed by atoms with Gasteiger partial charge in [0.15, 0.2) is 0 Å². The minimum Gasteiger partial charge on any atom is -0.376 e. The van der Waals surface area contributed by atoms with Crippen LogP contribution in [0.5, 0.6) is 0 Å². The fourth-order valence-electron chi connectivity index (χ4n) is 3.50. The summed E-state index contributed by atoms with van der Waals surface area (Å²) in [5.41, 5.74) is 3.51. The van der Waals surface area contributed by atoms with Crippen LogP contribution in [0.2, 0.25) is 0 Å². The number of pyridine rings is 1. The molecule has 3 heterocycles. The molecule has 0 spiro atoms. The normalized spacial score (nSPS) is 16.8. The predicted octanol–water partition coefficient (Wildman–Crippen LogP) is 3.98. The van der Waals surface area contributed by atoms with Crippen LogP contribution in [0.15, 0.2) is 60.9 Å². The van der Waals surface area contributed by atoms with Crippen molar-refractivity contribution in [3.05, 3.63) is 77.8 Å². The lowest BCUT2D eigenvalue weighted by Gasteiger charge is -2.23. The first-order valence-corrected chi connectivity index (χ1v) is 9.77. The second-order valence-electron chi connectivity index (χ2n) is 7.25. The summed E-state index contributed by atoms with van der Waals surface area (Å²) in [6.07, 6.45) is 9.98. The number of carbonyl (C=O) groups excluding carboxylic acids is 1. The second-order valence-corrected chi connectivity index (χ2v) is 7.25. The molecule has 3 aromatic rings.